The van der Waals surface area contributed by atoms with E-state index < -0.39 is 11.1 Å². The van der Waals surface area contributed by atoms with Gasteiger partial charge in [-0.2, -0.15) is 0 Å². The Balaban J connectivity index is 2.40. The molecule has 0 radical (unpaired) electrons. The zero-order chi connectivity index (χ0) is 19.4. The van der Waals surface area contributed by atoms with Crippen LogP contribution in [0.25, 0.3) is 0 Å². The summed E-state index contributed by atoms with van der Waals surface area (Å²) in [4.78, 5) is 27.6. The van der Waals surface area contributed by atoms with E-state index in [0.717, 1.165) is 5.56 Å². The summed E-state index contributed by atoms with van der Waals surface area (Å²) in [5.74, 6) is -0.492. The van der Waals surface area contributed by atoms with Crippen molar-refractivity contribution in [1.82, 2.24) is 10.2 Å². The van der Waals surface area contributed by atoms with Crippen LogP contribution in [0.15, 0.2) is 60.7 Å². The third-order valence-electron chi connectivity index (χ3n) is 4.48. The molecule has 1 atom stereocenters. The lowest BCUT2D eigenvalue weighted by Crippen LogP contribution is -2.57. The van der Waals surface area contributed by atoms with Crippen LogP contribution in [0.5, 0.6) is 0 Å². The zero-order valence-corrected chi connectivity index (χ0v) is 15.8. The molecule has 0 fully saturated rings. The van der Waals surface area contributed by atoms with E-state index in [0.29, 0.717) is 12.1 Å². The van der Waals surface area contributed by atoms with Crippen LogP contribution >= 0.6 is 0 Å². The summed E-state index contributed by atoms with van der Waals surface area (Å²) < 4.78 is 0. The van der Waals surface area contributed by atoms with Gasteiger partial charge in [-0.1, -0.05) is 48.5 Å². The topological polar surface area (TPSA) is 75.4 Å². The molecule has 0 aromatic heterocycles. The van der Waals surface area contributed by atoms with Gasteiger partial charge < -0.3 is 16.0 Å². The number of hydrogen-bond acceptors (Lipinski definition) is 3. The van der Waals surface area contributed by atoms with Gasteiger partial charge in [-0.25, -0.2) is 0 Å². The maximum atomic E-state index is 13.1. The maximum Gasteiger partial charge on any atom is 0.254 e. The van der Waals surface area contributed by atoms with Gasteiger partial charge in [-0.3, -0.25) is 9.59 Å². The smallest absolute Gasteiger partial charge is 0.254 e. The summed E-state index contributed by atoms with van der Waals surface area (Å²) in [6.45, 7) is 5.74. The fourth-order valence-corrected chi connectivity index (χ4v) is 2.70. The van der Waals surface area contributed by atoms with Crippen LogP contribution in [0.3, 0.4) is 0 Å². The lowest BCUT2D eigenvalue weighted by molar-refractivity contribution is -0.131. The van der Waals surface area contributed by atoms with Crippen LogP contribution < -0.4 is 11.1 Å². The van der Waals surface area contributed by atoms with Crippen molar-refractivity contribution < 1.29 is 9.59 Å². The van der Waals surface area contributed by atoms with Crippen LogP contribution in [0.1, 0.15) is 36.7 Å². The molecule has 2 rings (SSSR count). The van der Waals surface area contributed by atoms with Crippen molar-refractivity contribution in [3.8, 4) is 0 Å². The van der Waals surface area contributed by atoms with E-state index >= 15 is 0 Å². The summed E-state index contributed by atoms with van der Waals surface area (Å²) in [5, 5.41) is 2.89. The molecule has 138 valence electrons. The van der Waals surface area contributed by atoms with Gasteiger partial charge in [0.15, 0.2) is 0 Å². The van der Waals surface area contributed by atoms with E-state index in [1.807, 2.05) is 50.2 Å². The van der Waals surface area contributed by atoms with Crippen LogP contribution in [-0.2, 0) is 10.3 Å². The molecule has 0 saturated carbocycles. The van der Waals surface area contributed by atoms with Crippen molar-refractivity contribution in [3.63, 3.8) is 0 Å². The molecule has 2 amide bonds. The highest BCUT2D eigenvalue weighted by Gasteiger charge is 2.42. The Bertz CT molecular complexity index is 754. The van der Waals surface area contributed by atoms with Crippen LogP contribution in [0, 0.1) is 0 Å². The highest BCUT2D eigenvalue weighted by Crippen LogP contribution is 2.29. The number of carbonyl (C=O) groups is 2. The number of amides is 2. The Morgan fingerprint density at radius 2 is 1.46 bits per heavy atom. The first kappa shape index (κ1) is 19.7. The van der Waals surface area contributed by atoms with Gasteiger partial charge in [-0.15, -0.1) is 0 Å². The predicted octanol–water partition coefficient (Wildman–Crippen LogP) is 2.53. The molecule has 0 unspecified atom stereocenters. The number of nitrogens with two attached hydrogens (primary N) is 1. The second-order valence-corrected chi connectivity index (χ2v) is 7.34. The quantitative estimate of drug-likeness (QED) is 0.838. The van der Waals surface area contributed by atoms with Gasteiger partial charge in [0.05, 0.1) is 0 Å². The molecule has 26 heavy (non-hydrogen) atoms. The molecule has 0 heterocycles. The third kappa shape index (κ3) is 4.29. The number of nitrogens with zero attached hydrogens (tertiary/aromatic N) is 1. The predicted molar refractivity (Wildman–Crippen MR) is 104 cm³/mol. The minimum atomic E-state index is -1.17. The minimum absolute atomic E-state index is 0.223. The highest BCUT2D eigenvalue weighted by molar-refractivity contribution is 5.99. The minimum Gasteiger partial charge on any atom is -0.352 e. The molecule has 3 N–H and O–H groups in total. The van der Waals surface area contributed by atoms with E-state index in [-0.39, 0.29) is 11.8 Å². The second-order valence-electron chi connectivity index (χ2n) is 7.34. The Kier molecular flexibility index (Phi) is 5.83. The second kappa shape index (κ2) is 7.70. The molecular weight excluding hydrogens is 326 g/mol. The van der Waals surface area contributed by atoms with Gasteiger partial charge >= 0.3 is 0 Å². The van der Waals surface area contributed by atoms with Crippen molar-refractivity contribution in [1.29, 1.82) is 0 Å². The third-order valence-corrected chi connectivity index (χ3v) is 4.48. The van der Waals surface area contributed by atoms with Crippen molar-refractivity contribution in [2.24, 2.45) is 5.73 Å². The summed E-state index contributed by atoms with van der Waals surface area (Å²) >= 11 is 0. The first-order chi connectivity index (χ1) is 12.2. The van der Waals surface area contributed by atoms with Crippen LogP contribution in [-0.4, -0.2) is 35.8 Å². The largest absolute Gasteiger partial charge is 0.352 e. The number of carbonyl (C=O) groups excluding carboxylic acids is 2. The maximum absolute atomic E-state index is 13.1. The van der Waals surface area contributed by atoms with Gasteiger partial charge in [0, 0.05) is 24.7 Å². The molecule has 0 saturated heterocycles. The monoisotopic (exact) mass is 353 g/mol. The summed E-state index contributed by atoms with van der Waals surface area (Å²) in [6.07, 6.45) is 0. The first-order valence-corrected chi connectivity index (χ1v) is 8.62. The van der Waals surface area contributed by atoms with Crippen LogP contribution in [0.4, 0.5) is 0 Å². The van der Waals surface area contributed by atoms with Gasteiger partial charge in [0.25, 0.3) is 5.91 Å². The number of nitrogens with one attached hydrogen (secondary N) is 1. The fourth-order valence-electron chi connectivity index (χ4n) is 2.70. The number of rotatable bonds is 6. The summed E-state index contributed by atoms with van der Waals surface area (Å²) in [6, 6.07) is 18.2. The molecule has 0 spiro atoms. The SMILES string of the molecule is CN(C(=O)c1ccccc1)[C@@](C)(C(=O)NCC(C)(C)N)c1ccccc1. The molecule has 2 aromatic carbocycles. The standard InChI is InChI=1S/C21H27N3O2/c1-20(2,22)15-23-19(26)21(3,17-13-9-6-10-14-17)24(4)18(25)16-11-7-5-8-12-16/h5-14H,15,22H2,1-4H3,(H,23,26)/t21-/m1/s1. The van der Waals surface area contributed by atoms with Crippen molar-refractivity contribution in [3.05, 3.63) is 71.8 Å². The summed E-state index contributed by atoms with van der Waals surface area (Å²) in [7, 11) is 1.65. The number of benzene rings is 2. The van der Waals surface area contributed by atoms with Gasteiger partial charge in [0.2, 0.25) is 5.91 Å². The first-order valence-electron chi connectivity index (χ1n) is 8.62. The van der Waals surface area contributed by atoms with E-state index in [4.69, 9.17) is 5.73 Å². The van der Waals surface area contributed by atoms with E-state index in [1.54, 1.807) is 38.2 Å². The molecule has 0 aliphatic rings. The molecule has 0 bridgehead atoms. The molecular formula is C21H27N3O2. The average Bonchev–Trinajstić information content (AvgIpc) is 2.65. The number of hydrogen-bond donors (Lipinski definition) is 2. The molecule has 2 aromatic rings. The van der Waals surface area contributed by atoms with Crippen molar-refractivity contribution in [2.45, 2.75) is 31.8 Å². The fraction of sp³-hybridized carbons (Fsp3) is 0.333. The van der Waals surface area contributed by atoms with E-state index in [1.165, 1.54) is 4.90 Å². The Morgan fingerprint density at radius 1 is 0.962 bits per heavy atom. The zero-order valence-electron chi connectivity index (χ0n) is 15.8. The van der Waals surface area contributed by atoms with E-state index in [2.05, 4.69) is 5.32 Å². The lowest BCUT2D eigenvalue weighted by atomic mass is 9.88. The van der Waals surface area contributed by atoms with Crippen LogP contribution in [0.2, 0.25) is 0 Å². The normalized spacial score (nSPS) is 13.6. The molecule has 0 aliphatic carbocycles. The Hall–Kier alpha value is -2.66. The lowest BCUT2D eigenvalue weighted by Gasteiger charge is -2.38. The average molecular weight is 353 g/mol. The van der Waals surface area contributed by atoms with Crippen molar-refractivity contribution >= 4 is 11.8 Å². The molecule has 5 heteroatoms. The number of likely N-dealkylation sites (N-methyl/N-ethyl adjacent to an activating group) is 1. The van der Waals surface area contributed by atoms with Crippen molar-refractivity contribution in [2.75, 3.05) is 13.6 Å². The summed E-state index contributed by atoms with van der Waals surface area (Å²) in [5.41, 5.74) is 5.55. The van der Waals surface area contributed by atoms with E-state index in [9.17, 15) is 9.59 Å². The molecule has 0 aliphatic heterocycles. The highest BCUT2D eigenvalue weighted by atomic mass is 16.2. The Morgan fingerprint density at radius 3 is 1.96 bits per heavy atom. The van der Waals surface area contributed by atoms with Gasteiger partial charge in [0.1, 0.15) is 5.54 Å². The Labute approximate surface area is 155 Å². The van der Waals surface area contributed by atoms with Gasteiger partial charge in [-0.05, 0) is 38.5 Å². The molecule has 5 nitrogen and oxygen atoms in total.